The summed E-state index contributed by atoms with van der Waals surface area (Å²) in [5.74, 6) is -3.91. The predicted octanol–water partition coefficient (Wildman–Crippen LogP) is 0.535. The number of carboxylic acids is 1. The molecule has 1 aromatic rings. The first-order chi connectivity index (χ1) is 42.2. The van der Waals surface area contributed by atoms with E-state index in [2.05, 4.69) is 40.7 Å². The van der Waals surface area contributed by atoms with E-state index in [1.54, 1.807) is 31.2 Å². The van der Waals surface area contributed by atoms with Crippen molar-refractivity contribution in [2.45, 2.75) is 248 Å². The summed E-state index contributed by atoms with van der Waals surface area (Å²) in [6.45, 7) is 14.6. The molecule has 504 valence electrons. The van der Waals surface area contributed by atoms with Gasteiger partial charge in [0.25, 0.3) is 0 Å². The molecule has 0 aromatic heterocycles. The third-order valence-corrected chi connectivity index (χ3v) is 23.1. The number of rotatable bonds is 15. The van der Waals surface area contributed by atoms with Gasteiger partial charge < -0.3 is 113 Å². The van der Waals surface area contributed by atoms with Gasteiger partial charge in [-0.2, -0.15) is 0 Å². The number of hydrogen-bond acceptors (Lipinski definition) is 25. The summed E-state index contributed by atoms with van der Waals surface area (Å²) < 4.78 is 59.7. The number of aliphatic carboxylic acids is 1. The number of aliphatic hydroxyl groups excluding tert-OH is 11. The number of allylic oxidation sites excluding steroid dienone is 2. The van der Waals surface area contributed by atoms with E-state index in [-0.39, 0.29) is 30.6 Å². The van der Waals surface area contributed by atoms with Crippen LogP contribution in [0.2, 0.25) is 0 Å². The molecule has 30 atom stereocenters. The molecule has 10 rings (SSSR count). The van der Waals surface area contributed by atoms with E-state index in [1.165, 1.54) is 27.0 Å². The highest BCUT2D eigenvalue weighted by atomic mass is 16.8. The summed E-state index contributed by atoms with van der Waals surface area (Å²) >= 11 is 0. The molecule has 0 bridgehead atoms. The van der Waals surface area contributed by atoms with E-state index in [4.69, 9.17) is 47.4 Å². The van der Waals surface area contributed by atoms with Crippen LogP contribution in [0.15, 0.2) is 42.0 Å². The molecule has 5 aliphatic carbocycles. The summed E-state index contributed by atoms with van der Waals surface area (Å²) in [5, 5.41) is 132. The molecule has 9 aliphatic rings. The maximum Gasteiger partial charge on any atom is 0.335 e. The molecule has 4 aliphatic heterocycles. The number of aliphatic hydroxyl groups is 11. The van der Waals surface area contributed by atoms with E-state index < -0.39 is 198 Å². The molecule has 12 N–H and O–H groups in total. The fraction of sp³-hybridized carbons (Fsp3) is 0.781. The van der Waals surface area contributed by atoms with Gasteiger partial charge in [0, 0.05) is 6.08 Å². The molecule has 0 spiro atoms. The van der Waals surface area contributed by atoms with E-state index in [1.807, 2.05) is 0 Å². The zero-order chi connectivity index (χ0) is 65.7. The number of benzene rings is 1. The van der Waals surface area contributed by atoms with Crippen LogP contribution in [-0.2, 0) is 61.8 Å². The van der Waals surface area contributed by atoms with Gasteiger partial charge in [0.15, 0.2) is 37.2 Å². The quantitative estimate of drug-likeness (QED) is 0.0375. The van der Waals surface area contributed by atoms with Gasteiger partial charge in [-0.25, -0.2) is 9.59 Å². The summed E-state index contributed by atoms with van der Waals surface area (Å²) in [7, 11) is 1.52. The normalized spacial score (nSPS) is 49.2. The van der Waals surface area contributed by atoms with Gasteiger partial charge in [-0.05, 0) is 135 Å². The number of ether oxygens (including phenoxy) is 10. The van der Waals surface area contributed by atoms with Gasteiger partial charge in [-0.3, -0.25) is 4.79 Å². The van der Waals surface area contributed by atoms with Crippen LogP contribution in [0.3, 0.4) is 0 Å². The highest BCUT2D eigenvalue weighted by molar-refractivity contribution is 5.87. The van der Waals surface area contributed by atoms with Gasteiger partial charge in [-0.15, -0.1) is 0 Å². The molecule has 0 amide bonds. The number of methoxy groups -OCH3 is 1. The first-order valence-corrected chi connectivity index (χ1v) is 31.4. The third kappa shape index (κ3) is 11.6. The Morgan fingerprint density at radius 3 is 1.90 bits per heavy atom. The Labute approximate surface area is 521 Å². The second kappa shape index (κ2) is 25.5. The van der Waals surface area contributed by atoms with Crippen LogP contribution in [-0.4, -0.2) is 234 Å². The number of hydrogen-bond donors (Lipinski definition) is 12. The molecule has 4 saturated heterocycles. The van der Waals surface area contributed by atoms with E-state index in [9.17, 15) is 75.7 Å². The van der Waals surface area contributed by atoms with Crippen molar-refractivity contribution in [2.24, 2.45) is 50.2 Å². The molecule has 0 radical (unpaired) electrons. The molecule has 90 heavy (non-hydrogen) atoms. The lowest BCUT2D eigenvalue weighted by Crippen LogP contribution is -2.69. The lowest BCUT2D eigenvalue weighted by Gasteiger charge is -2.71. The van der Waals surface area contributed by atoms with Crippen molar-refractivity contribution in [1.82, 2.24) is 0 Å². The summed E-state index contributed by atoms with van der Waals surface area (Å²) in [5.41, 5.74) is -3.59. The number of fused-ring (bicyclic) bond motifs is 7. The average Bonchev–Trinajstić information content (AvgIpc) is 0.672. The second-order valence-corrected chi connectivity index (χ2v) is 28.6. The highest BCUT2D eigenvalue weighted by Gasteiger charge is 2.73. The Hall–Kier alpha value is -4.14. The van der Waals surface area contributed by atoms with Crippen LogP contribution in [0, 0.1) is 50.2 Å². The minimum atomic E-state index is -2.10. The zero-order valence-electron chi connectivity index (χ0n) is 52.2. The predicted molar refractivity (Wildman–Crippen MR) is 308 cm³/mol. The lowest BCUT2D eigenvalue weighted by atomic mass is 9.33. The average molecular weight is 1280 g/mol. The summed E-state index contributed by atoms with van der Waals surface area (Å²) in [4.78, 5) is 55.5. The minimum Gasteiger partial charge on any atom is -0.497 e. The Morgan fingerprint density at radius 2 is 1.27 bits per heavy atom. The molecule has 26 heteroatoms. The molecule has 4 saturated carbocycles. The number of carbonyl (C=O) groups is 4. The Morgan fingerprint density at radius 1 is 0.633 bits per heavy atom. The van der Waals surface area contributed by atoms with Crippen molar-refractivity contribution in [3.8, 4) is 5.75 Å². The smallest absolute Gasteiger partial charge is 0.335 e. The zero-order valence-corrected chi connectivity index (χ0v) is 52.2. The molecule has 26 nitrogen and oxygen atoms in total. The van der Waals surface area contributed by atoms with Crippen molar-refractivity contribution >= 4 is 30.3 Å². The summed E-state index contributed by atoms with van der Waals surface area (Å²) in [6.07, 6.45) is -28.0. The van der Waals surface area contributed by atoms with Crippen LogP contribution >= 0.6 is 0 Å². The van der Waals surface area contributed by atoms with Crippen LogP contribution in [0.25, 0.3) is 6.08 Å². The first-order valence-electron chi connectivity index (χ1n) is 31.4. The van der Waals surface area contributed by atoms with Gasteiger partial charge in [-0.1, -0.05) is 65.3 Å². The van der Waals surface area contributed by atoms with Crippen molar-refractivity contribution in [1.29, 1.82) is 0 Å². The molecule has 1 aromatic carbocycles. The van der Waals surface area contributed by atoms with Crippen LogP contribution in [0.1, 0.15) is 119 Å². The van der Waals surface area contributed by atoms with Gasteiger partial charge >= 0.3 is 17.9 Å². The van der Waals surface area contributed by atoms with Crippen molar-refractivity contribution in [3.05, 3.63) is 47.6 Å². The van der Waals surface area contributed by atoms with Crippen LogP contribution < -0.4 is 4.74 Å². The maximum absolute atomic E-state index is 15.7. The van der Waals surface area contributed by atoms with Crippen LogP contribution in [0.4, 0.5) is 0 Å². The largest absolute Gasteiger partial charge is 0.497 e. The number of carbonyl (C=O) groups excluding carboxylic acids is 3. The molecule has 4 heterocycles. The molecule has 8 fully saturated rings. The topological polar surface area (TPSA) is 403 Å². The monoisotopic (exact) mass is 1280 g/mol. The van der Waals surface area contributed by atoms with Crippen molar-refractivity contribution in [3.63, 3.8) is 0 Å². The molecular weight excluding hydrogens is 1180 g/mol. The fourth-order valence-electron chi connectivity index (χ4n) is 17.5. The number of aldehydes is 1. The van der Waals surface area contributed by atoms with Crippen molar-refractivity contribution < 1.29 is 128 Å². The Kier molecular flexibility index (Phi) is 19.5. The first kappa shape index (κ1) is 68.7. The maximum atomic E-state index is 15.7. The van der Waals surface area contributed by atoms with E-state index in [0.717, 1.165) is 17.9 Å². The standard InChI is InChI=1S/C64H92O26/c1-28-40(69)42(71)46(75)54(82-28)89-52-48(77)49(86-39(68)17-12-30-10-13-31(81-9)14-11-30)29(2)83-56(52)90-58(80)64-23-22-59(3,4)24-33(64)32-15-16-36-60(5)20-19-38(61(6,27-66)35(60)18-21-62(36,7)63(32,8)25-37(64)67)85-57-51(45(74)44(73)50(87-57)53(78)79)88-55-47(76)43(72)41(70)34(26-65)84-55/h10-15,17,27-29,33-38,40-52,54-57,65,67,69-77H,16,18-26H2,1-9H3,(H,78,79). The third-order valence-electron chi connectivity index (χ3n) is 23.1. The van der Waals surface area contributed by atoms with Gasteiger partial charge in [0.05, 0.1) is 43.5 Å². The SMILES string of the molecule is COc1ccc(C=CC(=O)OC2C(C)OC(OC(=O)C34CCC(C)(C)CC3C3=CCC5C6(C)CCC(OC7OC(C(=O)O)C(O)C(O)C7OC7OC(CO)C(O)C(O)C7O)C(C)(C=O)C6CCC5(C)C3(C)CC4O)C(OC3OC(C)C(O)C(O)C3O)C2O)cc1. The molecular formula is C64H92O26. The summed E-state index contributed by atoms with van der Waals surface area (Å²) in [6, 6.07) is 6.84. The number of carboxylic acid groups (broad SMARTS) is 1. The fourth-order valence-corrected chi connectivity index (χ4v) is 17.5. The minimum absolute atomic E-state index is 0.107. The van der Waals surface area contributed by atoms with Gasteiger partial charge in [0.1, 0.15) is 84.6 Å². The van der Waals surface area contributed by atoms with Crippen LogP contribution in [0.5, 0.6) is 5.75 Å². The number of esters is 2. The Balaban J connectivity index is 0.920. The highest BCUT2D eigenvalue weighted by Crippen LogP contribution is 2.76. The van der Waals surface area contributed by atoms with Crippen molar-refractivity contribution in [2.75, 3.05) is 13.7 Å². The lowest BCUT2D eigenvalue weighted by molar-refractivity contribution is -0.373. The van der Waals surface area contributed by atoms with E-state index >= 15 is 4.79 Å². The Bertz CT molecular complexity index is 2830. The van der Waals surface area contributed by atoms with Gasteiger partial charge in [0.2, 0.25) is 6.29 Å². The molecule has 30 unspecified atom stereocenters. The second-order valence-electron chi connectivity index (χ2n) is 28.6. The van der Waals surface area contributed by atoms with E-state index in [0.29, 0.717) is 49.8 Å².